The Balaban J connectivity index is 1.82. The molecule has 0 saturated carbocycles. The Kier molecular flexibility index (Phi) is 3.66. The summed E-state index contributed by atoms with van der Waals surface area (Å²) in [6.07, 6.45) is 3.25. The fraction of sp³-hybridized carbons (Fsp3) is 0.500. The Bertz CT molecular complexity index is 405. The van der Waals surface area contributed by atoms with Crippen molar-refractivity contribution < 1.29 is 0 Å². The molecule has 0 aliphatic heterocycles. The number of tetrazole rings is 1. The van der Waals surface area contributed by atoms with Gasteiger partial charge in [0.1, 0.15) is 0 Å². The highest BCUT2D eigenvalue weighted by Crippen LogP contribution is 2.03. The molecular weight excluding hydrogens is 204 g/mol. The zero-order valence-electron chi connectivity index (χ0n) is 9.35. The Morgan fingerprint density at radius 1 is 1.44 bits per heavy atom. The van der Waals surface area contributed by atoms with Gasteiger partial charge in [-0.15, -0.1) is 10.2 Å². The van der Waals surface area contributed by atoms with Crippen LogP contribution in [0.25, 0.3) is 0 Å². The molecule has 2 rings (SSSR count). The molecule has 2 aromatic rings. The minimum Gasteiger partial charge on any atom is -0.350 e. The molecule has 0 bridgehead atoms. The molecule has 0 aliphatic rings. The van der Waals surface area contributed by atoms with Gasteiger partial charge in [0.05, 0.1) is 6.54 Å². The molecule has 16 heavy (non-hydrogen) atoms. The summed E-state index contributed by atoms with van der Waals surface area (Å²) in [6, 6.07) is 4.19. The summed E-state index contributed by atoms with van der Waals surface area (Å²) < 4.78 is 2.25. The summed E-state index contributed by atoms with van der Waals surface area (Å²) >= 11 is 0. The van der Waals surface area contributed by atoms with Crippen molar-refractivity contribution in [2.45, 2.75) is 33.0 Å². The van der Waals surface area contributed by atoms with Crippen LogP contribution in [0.15, 0.2) is 18.3 Å². The fourth-order valence-corrected chi connectivity index (χ4v) is 1.63. The summed E-state index contributed by atoms with van der Waals surface area (Å²) in [4.78, 5) is 0. The van der Waals surface area contributed by atoms with Crippen LogP contribution in [0.3, 0.4) is 0 Å². The van der Waals surface area contributed by atoms with E-state index in [1.165, 1.54) is 5.69 Å². The molecule has 0 radical (unpaired) electrons. The summed E-state index contributed by atoms with van der Waals surface area (Å²) in [5.74, 6) is 0.689. The van der Waals surface area contributed by atoms with Crippen LogP contribution in [0, 0.1) is 0 Å². The first kappa shape index (κ1) is 10.8. The topological polar surface area (TPSA) is 71.4 Å². The lowest BCUT2D eigenvalue weighted by Gasteiger charge is -2.07. The van der Waals surface area contributed by atoms with Crippen molar-refractivity contribution >= 4 is 0 Å². The van der Waals surface area contributed by atoms with Gasteiger partial charge in [-0.1, -0.05) is 12.1 Å². The SMILES string of the molecule is CCCn1cccc1CNCc1nn[nH]n1. The molecular formula is C10H16N6. The maximum atomic E-state index is 3.88. The first-order chi connectivity index (χ1) is 7.90. The average Bonchev–Trinajstić information content (AvgIpc) is 2.91. The number of hydrogen-bond donors (Lipinski definition) is 2. The number of hydrogen-bond acceptors (Lipinski definition) is 4. The molecule has 6 nitrogen and oxygen atoms in total. The van der Waals surface area contributed by atoms with E-state index in [1.54, 1.807) is 0 Å². The average molecular weight is 220 g/mol. The van der Waals surface area contributed by atoms with Gasteiger partial charge in [-0.05, 0) is 18.6 Å². The lowest BCUT2D eigenvalue weighted by molar-refractivity contribution is 0.593. The molecule has 2 heterocycles. The van der Waals surface area contributed by atoms with Crippen LogP contribution >= 0.6 is 0 Å². The van der Waals surface area contributed by atoms with Gasteiger partial charge in [0.2, 0.25) is 0 Å². The molecule has 2 N–H and O–H groups in total. The normalized spacial score (nSPS) is 10.8. The van der Waals surface area contributed by atoms with Gasteiger partial charge in [0.15, 0.2) is 5.82 Å². The first-order valence-electron chi connectivity index (χ1n) is 5.47. The second-order valence-corrected chi connectivity index (χ2v) is 3.62. The lowest BCUT2D eigenvalue weighted by atomic mass is 10.4. The van der Waals surface area contributed by atoms with Crippen molar-refractivity contribution in [3.63, 3.8) is 0 Å². The zero-order valence-corrected chi connectivity index (χ0v) is 9.35. The third-order valence-corrected chi connectivity index (χ3v) is 2.37. The summed E-state index contributed by atoms with van der Waals surface area (Å²) in [7, 11) is 0. The number of aromatic nitrogens is 5. The number of H-pyrrole nitrogens is 1. The van der Waals surface area contributed by atoms with E-state index in [9.17, 15) is 0 Å². The van der Waals surface area contributed by atoms with Gasteiger partial charge in [0.25, 0.3) is 0 Å². The van der Waals surface area contributed by atoms with Crippen LogP contribution in [0.5, 0.6) is 0 Å². The predicted octanol–water partition coefficient (Wildman–Crippen LogP) is 0.701. The molecule has 0 saturated heterocycles. The molecule has 0 unspecified atom stereocenters. The van der Waals surface area contributed by atoms with Gasteiger partial charge in [-0.2, -0.15) is 5.21 Å². The van der Waals surface area contributed by atoms with Gasteiger partial charge >= 0.3 is 0 Å². The van der Waals surface area contributed by atoms with E-state index in [2.05, 4.69) is 55.8 Å². The molecule has 0 fully saturated rings. The van der Waals surface area contributed by atoms with E-state index in [4.69, 9.17) is 0 Å². The van der Waals surface area contributed by atoms with Crippen LogP contribution < -0.4 is 5.32 Å². The van der Waals surface area contributed by atoms with E-state index < -0.39 is 0 Å². The van der Waals surface area contributed by atoms with Crippen molar-refractivity contribution in [2.24, 2.45) is 0 Å². The van der Waals surface area contributed by atoms with Crippen LogP contribution in [-0.4, -0.2) is 25.2 Å². The summed E-state index contributed by atoms with van der Waals surface area (Å²) in [6.45, 7) is 4.69. The molecule has 0 aromatic carbocycles. The highest BCUT2D eigenvalue weighted by molar-refractivity contribution is 5.06. The molecule has 0 atom stereocenters. The smallest absolute Gasteiger partial charge is 0.188 e. The van der Waals surface area contributed by atoms with E-state index in [0.29, 0.717) is 12.4 Å². The molecule has 2 aromatic heterocycles. The second kappa shape index (κ2) is 5.41. The standard InChI is InChI=1S/C10H16N6/c1-2-5-16-6-3-4-9(16)7-11-8-10-12-14-15-13-10/h3-4,6,11H,2,5,7-8H2,1H3,(H,12,13,14,15). The van der Waals surface area contributed by atoms with Crippen LogP contribution in [0.2, 0.25) is 0 Å². The van der Waals surface area contributed by atoms with Gasteiger partial charge < -0.3 is 9.88 Å². The lowest BCUT2D eigenvalue weighted by Crippen LogP contribution is -2.16. The Morgan fingerprint density at radius 3 is 3.12 bits per heavy atom. The Morgan fingerprint density at radius 2 is 2.38 bits per heavy atom. The van der Waals surface area contributed by atoms with Crippen molar-refractivity contribution in [1.82, 2.24) is 30.5 Å². The maximum absolute atomic E-state index is 3.88. The third-order valence-electron chi connectivity index (χ3n) is 2.37. The second-order valence-electron chi connectivity index (χ2n) is 3.62. The molecule has 0 spiro atoms. The van der Waals surface area contributed by atoms with Crippen molar-refractivity contribution in [3.05, 3.63) is 29.8 Å². The maximum Gasteiger partial charge on any atom is 0.188 e. The highest BCUT2D eigenvalue weighted by atomic mass is 15.5. The van der Waals surface area contributed by atoms with Gasteiger partial charge in [0, 0.05) is 25.0 Å². The predicted molar refractivity (Wildman–Crippen MR) is 59.4 cm³/mol. The van der Waals surface area contributed by atoms with E-state index >= 15 is 0 Å². The number of nitrogens with one attached hydrogen (secondary N) is 2. The fourth-order valence-electron chi connectivity index (χ4n) is 1.63. The molecule has 0 aliphatic carbocycles. The van der Waals surface area contributed by atoms with Gasteiger partial charge in [-0.25, -0.2) is 0 Å². The van der Waals surface area contributed by atoms with Gasteiger partial charge in [-0.3, -0.25) is 0 Å². The molecule has 6 heteroatoms. The van der Waals surface area contributed by atoms with Crippen molar-refractivity contribution in [2.75, 3.05) is 0 Å². The van der Waals surface area contributed by atoms with Crippen molar-refractivity contribution in [3.8, 4) is 0 Å². The monoisotopic (exact) mass is 220 g/mol. The van der Waals surface area contributed by atoms with E-state index in [-0.39, 0.29) is 0 Å². The largest absolute Gasteiger partial charge is 0.350 e. The Labute approximate surface area is 94.1 Å². The number of aromatic amines is 1. The Hall–Kier alpha value is -1.69. The van der Waals surface area contributed by atoms with Crippen LogP contribution in [0.1, 0.15) is 24.9 Å². The van der Waals surface area contributed by atoms with Crippen molar-refractivity contribution in [1.29, 1.82) is 0 Å². The minimum atomic E-state index is 0.633. The summed E-state index contributed by atoms with van der Waals surface area (Å²) in [5, 5.41) is 17.0. The first-order valence-corrected chi connectivity index (χ1v) is 5.47. The van der Waals surface area contributed by atoms with E-state index in [0.717, 1.165) is 19.5 Å². The minimum absolute atomic E-state index is 0.633. The van der Waals surface area contributed by atoms with Crippen LogP contribution in [0.4, 0.5) is 0 Å². The van der Waals surface area contributed by atoms with Crippen LogP contribution in [-0.2, 0) is 19.6 Å². The number of rotatable bonds is 6. The van der Waals surface area contributed by atoms with E-state index in [1.807, 2.05) is 0 Å². The molecule has 0 amide bonds. The third kappa shape index (κ3) is 2.66. The zero-order chi connectivity index (χ0) is 11.2. The number of nitrogens with zero attached hydrogens (tertiary/aromatic N) is 4. The molecule has 86 valence electrons. The summed E-state index contributed by atoms with van der Waals surface area (Å²) in [5.41, 5.74) is 1.28. The quantitative estimate of drug-likeness (QED) is 0.751. The number of aryl methyl sites for hydroxylation is 1. The highest BCUT2D eigenvalue weighted by Gasteiger charge is 2.01.